The van der Waals surface area contributed by atoms with E-state index in [0.717, 1.165) is 45.4 Å². The third-order valence-electron chi connectivity index (χ3n) is 7.13. The van der Waals surface area contributed by atoms with Crippen molar-refractivity contribution in [3.05, 3.63) is 0 Å². The van der Waals surface area contributed by atoms with Crippen LogP contribution in [-0.2, 0) is 27.7 Å². The molecule has 0 N–H and O–H groups in total. The zero-order valence-corrected chi connectivity index (χ0v) is 27.9. The first kappa shape index (κ1) is 39.5. The van der Waals surface area contributed by atoms with Gasteiger partial charge in [-0.1, -0.05) is 71.6 Å². The van der Waals surface area contributed by atoms with Crippen molar-refractivity contribution in [2.75, 3.05) is 66.2 Å². The highest BCUT2D eigenvalue weighted by atomic mass is 31.2. The molecule has 0 unspecified atom stereocenters. The summed E-state index contributed by atoms with van der Waals surface area (Å²) in [6.45, 7) is 15.8. The summed E-state index contributed by atoms with van der Waals surface area (Å²) in [5.41, 5.74) is 0. The monoisotopic (exact) mass is 592 g/mol. The number of nitrogens with zero attached hydrogens (tertiary/aromatic N) is 2. The van der Waals surface area contributed by atoms with Crippen LogP contribution < -0.4 is 0 Å². The average Bonchev–Trinajstić information content (AvgIpc) is 2.94. The third-order valence-corrected chi connectivity index (χ3v) is 8.78. The van der Waals surface area contributed by atoms with Crippen LogP contribution in [0.2, 0.25) is 0 Å². The lowest BCUT2D eigenvalue weighted by atomic mass is 10.1. The number of hydrogen-bond acceptors (Lipinski definition) is 8. The summed E-state index contributed by atoms with van der Waals surface area (Å²) in [6, 6.07) is 0. The zero-order valence-electron chi connectivity index (χ0n) is 27.0. The van der Waals surface area contributed by atoms with Crippen LogP contribution in [0.15, 0.2) is 0 Å². The SMILES string of the molecule is CCCCCCN(CCCCC)CCCN(CCCCCCCCC(=O)OC)CCCOP(=O)(OCC)OCC. The molecule has 0 radical (unpaired) electrons. The van der Waals surface area contributed by atoms with Gasteiger partial charge in [0.15, 0.2) is 0 Å². The number of carbonyl (C=O) groups is 1. The number of carbonyl (C=O) groups excluding carboxylic acids is 1. The summed E-state index contributed by atoms with van der Waals surface area (Å²) < 4.78 is 33.4. The van der Waals surface area contributed by atoms with Crippen molar-refractivity contribution < 1.29 is 27.7 Å². The lowest BCUT2D eigenvalue weighted by Gasteiger charge is -2.26. The van der Waals surface area contributed by atoms with Crippen molar-refractivity contribution in [1.82, 2.24) is 9.80 Å². The average molecular weight is 593 g/mol. The Morgan fingerprint density at radius 3 is 1.50 bits per heavy atom. The highest BCUT2D eigenvalue weighted by Gasteiger charge is 2.25. The Bertz CT molecular complexity index is 600. The number of rotatable bonds is 31. The molecule has 0 aromatic heterocycles. The fourth-order valence-electron chi connectivity index (χ4n) is 4.84. The molecule has 0 aliphatic carbocycles. The van der Waals surface area contributed by atoms with E-state index < -0.39 is 7.82 Å². The quantitative estimate of drug-likeness (QED) is 0.0452. The summed E-state index contributed by atoms with van der Waals surface area (Å²) in [5.74, 6) is -0.108. The molecule has 0 saturated carbocycles. The number of esters is 1. The van der Waals surface area contributed by atoms with Crippen LogP contribution in [0, 0.1) is 0 Å². The lowest BCUT2D eigenvalue weighted by Crippen LogP contribution is -2.33. The van der Waals surface area contributed by atoms with Crippen LogP contribution in [0.3, 0.4) is 0 Å². The first-order chi connectivity index (χ1) is 19.4. The normalized spacial score (nSPS) is 12.1. The van der Waals surface area contributed by atoms with Crippen molar-refractivity contribution >= 4 is 13.8 Å². The molecule has 0 atom stereocenters. The summed E-state index contributed by atoms with van der Waals surface area (Å²) in [4.78, 5) is 16.5. The second-order valence-electron chi connectivity index (χ2n) is 10.7. The maximum absolute atomic E-state index is 12.6. The van der Waals surface area contributed by atoms with Gasteiger partial charge in [0.2, 0.25) is 0 Å². The molecule has 0 aromatic rings. The van der Waals surface area contributed by atoms with Gasteiger partial charge in [0.25, 0.3) is 0 Å². The number of methoxy groups -OCH3 is 1. The number of ether oxygens (including phenoxy) is 1. The fraction of sp³-hybridized carbons (Fsp3) is 0.968. The van der Waals surface area contributed by atoms with Crippen molar-refractivity contribution in [2.24, 2.45) is 0 Å². The Morgan fingerprint density at radius 2 is 0.975 bits per heavy atom. The van der Waals surface area contributed by atoms with Crippen LogP contribution in [-0.4, -0.2) is 82.0 Å². The van der Waals surface area contributed by atoms with E-state index >= 15 is 0 Å². The highest BCUT2D eigenvalue weighted by Crippen LogP contribution is 2.49. The van der Waals surface area contributed by atoms with Gasteiger partial charge in [0.1, 0.15) is 0 Å². The van der Waals surface area contributed by atoms with Crippen LogP contribution in [0.4, 0.5) is 0 Å². The fourth-order valence-corrected chi connectivity index (χ4v) is 6.05. The molecule has 0 aliphatic heterocycles. The molecule has 0 fully saturated rings. The van der Waals surface area contributed by atoms with Crippen LogP contribution in [0.1, 0.15) is 130 Å². The van der Waals surface area contributed by atoms with Gasteiger partial charge in [0, 0.05) is 13.0 Å². The summed E-state index contributed by atoms with van der Waals surface area (Å²) in [6.07, 6.45) is 18.4. The molecule has 0 amide bonds. The molecule has 40 heavy (non-hydrogen) atoms. The molecule has 0 heterocycles. The van der Waals surface area contributed by atoms with Gasteiger partial charge >= 0.3 is 13.8 Å². The lowest BCUT2D eigenvalue weighted by molar-refractivity contribution is -0.140. The Kier molecular flexibility index (Phi) is 28.3. The van der Waals surface area contributed by atoms with Gasteiger partial charge in [-0.25, -0.2) is 4.57 Å². The topological polar surface area (TPSA) is 77.5 Å². The Balaban J connectivity index is 4.65. The van der Waals surface area contributed by atoms with E-state index in [4.69, 9.17) is 18.3 Å². The van der Waals surface area contributed by atoms with E-state index in [0.29, 0.717) is 26.2 Å². The smallest absolute Gasteiger partial charge is 0.469 e. The molecule has 0 spiro atoms. The van der Waals surface area contributed by atoms with Gasteiger partial charge in [-0.3, -0.25) is 18.4 Å². The number of hydrogen-bond donors (Lipinski definition) is 0. The second-order valence-corrected chi connectivity index (χ2v) is 12.4. The number of phosphoric acid groups is 1. The largest absolute Gasteiger partial charge is 0.474 e. The van der Waals surface area contributed by atoms with Gasteiger partial charge in [0.05, 0.1) is 26.9 Å². The van der Waals surface area contributed by atoms with Crippen molar-refractivity contribution in [3.8, 4) is 0 Å². The van der Waals surface area contributed by atoms with Gasteiger partial charge in [-0.2, -0.15) is 0 Å². The Morgan fingerprint density at radius 1 is 0.550 bits per heavy atom. The second kappa shape index (κ2) is 28.6. The minimum Gasteiger partial charge on any atom is -0.469 e. The molecule has 0 aromatic carbocycles. The molecule has 0 aliphatic rings. The molecular formula is C31H65N2O6P. The highest BCUT2D eigenvalue weighted by molar-refractivity contribution is 7.48. The molecular weight excluding hydrogens is 527 g/mol. The minimum atomic E-state index is -3.45. The van der Waals surface area contributed by atoms with E-state index in [9.17, 15) is 9.36 Å². The maximum Gasteiger partial charge on any atom is 0.474 e. The van der Waals surface area contributed by atoms with E-state index in [1.54, 1.807) is 13.8 Å². The first-order valence-corrected chi connectivity index (χ1v) is 18.0. The minimum absolute atomic E-state index is 0.108. The summed E-state index contributed by atoms with van der Waals surface area (Å²) in [5, 5.41) is 0. The van der Waals surface area contributed by atoms with E-state index in [2.05, 4.69) is 23.6 Å². The van der Waals surface area contributed by atoms with Crippen molar-refractivity contribution in [1.29, 1.82) is 0 Å². The molecule has 0 bridgehead atoms. The predicted molar refractivity (Wildman–Crippen MR) is 167 cm³/mol. The van der Waals surface area contributed by atoms with Gasteiger partial charge in [-0.05, 0) is 85.1 Å². The first-order valence-electron chi connectivity index (χ1n) is 16.5. The molecule has 0 saturated heterocycles. The van der Waals surface area contributed by atoms with Gasteiger partial charge in [-0.15, -0.1) is 0 Å². The Hall–Kier alpha value is -0.500. The standard InChI is InChI=1S/C31H65N2O6P/c1-6-10-12-19-25-32(24-18-11-7-2)27-21-28-33(26-20-16-14-13-15-17-23-31(34)36-5)29-22-30-39-40(35,37-8-3)38-9-4/h6-30H2,1-5H3. The van der Waals surface area contributed by atoms with Crippen LogP contribution in [0.5, 0.6) is 0 Å². The van der Waals surface area contributed by atoms with Crippen molar-refractivity contribution in [2.45, 2.75) is 130 Å². The predicted octanol–water partition coefficient (Wildman–Crippen LogP) is 8.24. The van der Waals surface area contributed by atoms with E-state index in [1.807, 2.05) is 0 Å². The number of phosphoric ester groups is 1. The van der Waals surface area contributed by atoms with Gasteiger partial charge < -0.3 is 14.5 Å². The third kappa shape index (κ3) is 24.1. The van der Waals surface area contributed by atoms with E-state index in [-0.39, 0.29) is 5.97 Å². The number of unbranched alkanes of at least 4 members (excludes halogenated alkanes) is 10. The van der Waals surface area contributed by atoms with E-state index in [1.165, 1.54) is 97.2 Å². The molecule has 0 rings (SSSR count). The zero-order chi connectivity index (χ0) is 29.7. The van der Waals surface area contributed by atoms with Crippen LogP contribution in [0.25, 0.3) is 0 Å². The molecule has 8 nitrogen and oxygen atoms in total. The summed E-state index contributed by atoms with van der Waals surface area (Å²) in [7, 11) is -1.99. The maximum atomic E-state index is 12.6. The molecule has 240 valence electrons. The summed E-state index contributed by atoms with van der Waals surface area (Å²) >= 11 is 0. The Labute approximate surface area is 247 Å². The van der Waals surface area contributed by atoms with Crippen molar-refractivity contribution in [3.63, 3.8) is 0 Å². The molecule has 9 heteroatoms. The van der Waals surface area contributed by atoms with Crippen LogP contribution >= 0.6 is 7.82 Å².